The number of guanidine groups is 1. The zero-order valence-corrected chi connectivity index (χ0v) is 15.0. The van der Waals surface area contributed by atoms with E-state index in [1.165, 1.54) is 0 Å². The van der Waals surface area contributed by atoms with E-state index in [0.717, 1.165) is 17.8 Å². The maximum absolute atomic E-state index is 11.8. The molecule has 0 aromatic heterocycles. The zero-order valence-electron chi connectivity index (χ0n) is 15.0. The van der Waals surface area contributed by atoms with Crippen molar-refractivity contribution < 1.29 is 9.53 Å². The highest BCUT2D eigenvalue weighted by Crippen LogP contribution is 2.17. The molecule has 0 heterocycles. The lowest BCUT2D eigenvalue weighted by atomic mass is 10.2. The van der Waals surface area contributed by atoms with Gasteiger partial charge in [0.2, 0.25) is 5.96 Å². The first kappa shape index (κ1) is 19.0. The molecule has 1 rings (SSSR count). The fourth-order valence-electron chi connectivity index (χ4n) is 2.10. The van der Waals surface area contributed by atoms with Gasteiger partial charge in [-0.2, -0.15) is 0 Å². The Bertz CT molecular complexity index is 562. The third-order valence-corrected chi connectivity index (χ3v) is 2.91. The van der Waals surface area contributed by atoms with Gasteiger partial charge >= 0.3 is 6.09 Å². The van der Waals surface area contributed by atoms with Crippen molar-refractivity contribution >= 4 is 17.7 Å². The standard InChI is InChI=1S/C17H28N4O2/c1-7-21(15(18)19-16(22)23-17(2,3)4)14-10-8-9-13(11-14)12-20(5)6/h8-11H,7,12H2,1-6H3,(H2,18,19,22). The molecule has 0 fully saturated rings. The largest absolute Gasteiger partial charge is 0.442 e. The number of carbonyl (C=O) groups is 1. The Kier molecular flexibility index (Phi) is 6.57. The first-order chi connectivity index (χ1) is 10.6. The molecular weight excluding hydrogens is 292 g/mol. The van der Waals surface area contributed by atoms with Gasteiger partial charge in [-0.15, -0.1) is 4.99 Å². The lowest BCUT2D eigenvalue weighted by molar-refractivity contribution is 0.0604. The van der Waals surface area contributed by atoms with Crippen molar-refractivity contribution in [3.63, 3.8) is 0 Å². The molecule has 0 spiro atoms. The minimum absolute atomic E-state index is 0.128. The van der Waals surface area contributed by atoms with Crippen LogP contribution in [0.25, 0.3) is 0 Å². The molecule has 6 heteroatoms. The highest BCUT2D eigenvalue weighted by molar-refractivity contribution is 6.00. The van der Waals surface area contributed by atoms with E-state index in [0.29, 0.717) is 6.54 Å². The van der Waals surface area contributed by atoms with Crippen molar-refractivity contribution in [1.29, 1.82) is 0 Å². The normalized spacial score (nSPS) is 12.4. The number of amides is 1. The number of rotatable bonds is 4. The smallest absolute Gasteiger partial charge is 0.437 e. The summed E-state index contributed by atoms with van der Waals surface area (Å²) in [4.78, 5) is 19.5. The number of nitrogens with two attached hydrogens (primary N) is 1. The molecule has 0 aliphatic carbocycles. The Morgan fingerprint density at radius 2 is 1.96 bits per heavy atom. The number of nitrogens with zero attached hydrogens (tertiary/aromatic N) is 3. The highest BCUT2D eigenvalue weighted by atomic mass is 16.6. The predicted molar refractivity (Wildman–Crippen MR) is 94.7 cm³/mol. The van der Waals surface area contributed by atoms with E-state index in [9.17, 15) is 4.79 Å². The molecule has 2 N–H and O–H groups in total. The van der Waals surface area contributed by atoms with Gasteiger partial charge in [-0.05, 0) is 59.5 Å². The molecule has 0 aliphatic heterocycles. The number of aliphatic imine (C=N–C) groups is 1. The molecule has 0 aliphatic rings. The second-order valence-electron chi connectivity index (χ2n) is 6.60. The van der Waals surface area contributed by atoms with Crippen LogP contribution in [0.4, 0.5) is 10.5 Å². The maximum atomic E-state index is 11.8. The molecular formula is C17H28N4O2. The van der Waals surface area contributed by atoms with Crippen molar-refractivity contribution in [3.8, 4) is 0 Å². The molecule has 0 saturated heterocycles. The monoisotopic (exact) mass is 320 g/mol. The third-order valence-electron chi connectivity index (χ3n) is 2.91. The SMILES string of the molecule is CCN(C(N)=NC(=O)OC(C)(C)C)c1cccc(CN(C)C)c1. The third kappa shape index (κ3) is 6.69. The van der Waals surface area contributed by atoms with Gasteiger partial charge in [0.05, 0.1) is 0 Å². The topological polar surface area (TPSA) is 71.2 Å². The second kappa shape index (κ2) is 7.97. The molecule has 1 aromatic rings. The van der Waals surface area contributed by atoms with Crippen LogP contribution in [0.3, 0.4) is 0 Å². The average molecular weight is 320 g/mol. The van der Waals surface area contributed by atoms with Crippen molar-refractivity contribution in [2.75, 3.05) is 25.5 Å². The van der Waals surface area contributed by atoms with Gasteiger partial charge in [-0.25, -0.2) is 4.79 Å². The fraction of sp³-hybridized carbons (Fsp3) is 0.529. The highest BCUT2D eigenvalue weighted by Gasteiger charge is 2.17. The van der Waals surface area contributed by atoms with Gasteiger partial charge in [-0.3, -0.25) is 0 Å². The lowest BCUT2D eigenvalue weighted by Crippen LogP contribution is -2.38. The van der Waals surface area contributed by atoms with Crippen LogP contribution in [-0.2, 0) is 11.3 Å². The van der Waals surface area contributed by atoms with E-state index >= 15 is 0 Å². The lowest BCUT2D eigenvalue weighted by Gasteiger charge is -2.23. The van der Waals surface area contributed by atoms with Gasteiger partial charge in [0.1, 0.15) is 5.60 Å². The first-order valence-corrected chi connectivity index (χ1v) is 7.70. The number of ether oxygens (including phenoxy) is 1. The molecule has 0 saturated carbocycles. The van der Waals surface area contributed by atoms with Crippen LogP contribution in [0.2, 0.25) is 0 Å². The fourth-order valence-corrected chi connectivity index (χ4v) is 2.10. The van der Waals surface area contributed by atoms with Crippen molar-refractivity contribution in [3.05, 3.63) is 29.8 Å². The van der Waals surface area contributed by atoms with Gasteiger partial charge in [0.15, 0.2) is 0 Å². The van der Waals surface area contributed by atoms with E-state index in [2.05, 4.69) is 16.0 Å². The molecule has 0 radical (unpaired) electrons. The number of carbonyl (C=O) groups excluding carboxylic acids is 1. The molecule has 0 unspecified atom stereocenters. The number of anilines is 1. The summed E-state index contributed by atoms with van der Waals surface area (Å²) in [5, 5.41) is 0. The van der Waals surface area contributed by atoms with Gasteiger partial charge < -0.3 is 20.3 Å². The average Bonchev–Trinajstić information content (AvgIpc) is 2.36. The number of hydrogen-bond acceptors (Lipinski definition) is 3. The van der Waals surface area contributed by atoms with Crippen molar-refractivity contribution in [1.82, 2.24) is 4.90 Å². The van der Waals surface area contributed by atoms with Crippen LogP contribution in [0.15, 0.2) is 29.3 Å². The van der Waals surface area contributed by atoms with E-state index in [1.54, 1.807) is 25.7 Å². The Balaban J connectivity index is 2.96. The molecule has 0 atom stereocenters. The van der Waals surface area contributed by atoms with Gasteiger partial charge in [0.25, 0.3) is 0 Å². The van der Waals surface area contributed by atoms with Crippen LogP contribution in [0, 0.1) is 0 Å². The zero-order chi connectivity index (χ0) is 17.6. The van der Waals surface area contributed by atoms with Gasteiger partial charge in [-0.1, -0.05) is 12.1 Å². The Hall–Kier alpha value is -2.08. The molecule has 0 bridgehead atoms. The van der Waals surface area contributed by atoms with Crippen LogP contribution in [0.1, 0.15) is 33.3 Å². The van der Waals surface area contributed by atoms with Crippen LogP contribution in [-0.4, -0.2) is 43.2 Å². The van der Waals surface area contributed by atoms with Gasteiger partial charge in [0, 0.05) is 18.8 Å². The first-order valence-electron chi connectivity index (χ1n) is 7.70. The van der Waals surface area contributed by atoms with Crippen molar-refractivity contribution in [2.45, 2.75) is 39.8 Å². The summed E-state index contributed by atoms with van der Waals surface area (Å²) >= 11 is 0. The number of benzene rings is 1. The Labute approximate surface area is 138 Å². The summed E-state index contributed by atoms with van der Waals surface area (Å²) < 4.78 is 5.18. The molecule has 6 nitrogen and oxygen atoms in total. The summed E-state index contributed by atoms with van der Waals surface area (Å²) in [6.45, 7) is 8.75. The predicted octanol–water partition coefficient (Wildman–Crippen LogP) is 2.82. The molecule has 1 aromatic carbocycles. The summed E-state index contributed by atoms with van der Waals surface area (Å²) in [6, 6.07) is 8.01. The maximum Gasteiger partial charge on any atom is 0.437 e. The Morgan fingerprint density at radius 1 is 1.30 bits per heavy atom. The minimum atomic E-state index is -0.683. The molecule has 23 heavy (non-hydrogen) atoms. The number of hydrogen-bond donors (Lipinski definition) is 1. The minimum Gasteiger partial charge on any atom is -0.442 e. The molecule has 128 valence electrons. The van der Waals surface area contributed by atoms with Crippen LogP contribution < -0.4 is 10.6 Å². The Morgan fingerprint density at radius 3 is 2.48 bits per heavy atom. The van der Waals surface area contributed by atoms with E-state index in [-0.39, 0.29) is 5.96 Å². The summed E-state index contributed by atoms with van der Waals surface area (Å²) in [7, 11) is 4.03. The summed E-state index contributed by atoms with van der Waals surface area (Å²) in [5.74, 6) is 0.128. The second-order valence-corrected chi connectivity index (χ2v) is 6.60. The summed E-state index contributed by atoms with van der Waals surface area (Å²) in [6.07, 6.45) is -0.683. The van der Waals surface area contributed by atoms with Crippen LogP contribution in [0.5, 0.6) is 0 Å². The van der Waals surface area contributed by atoms with E-state index < -0.39 is 11.7 Å². The van der Waals surface area contributed by atoms with E-state index in [4.69, 9.17) is 10.5 Å². The summed E-state index contributed by atoms with van der Waals surface area (Å²) in [5.41, 5.74) is 7.47. The van der Waals surface area contributed by atoms with E-state index in [1.807, 2.05) is 39.2 Å². The molecule has 1 amide bonds. The van der Waals surface area contributed by atoms with Crippen LogP contribution >= 0.6 is 0 Å². The quantitative estimate of drug-likeness (QED) is 0.682. The van der Waals surface area contributed by atoms with Crippen molar-refractivity contribution in [2.24, 2.45) is 10.7 Å².